The van der Waals surface area contributed by atoms with E-state index in [-0.39, 0.29) is 12.1 Å². The van der Waals surface area contributed by atoms with E-state index < -0.39 is 11.8 Å². The number of nitrogens with two attached hydrogens (primary N) is 1. The molecule has 0 aliphatic carbocycles. The second kappa shape index (κ2) is 8.51. The lowest BCUT2D eigenvalue weighted by Crippen LogP contribution is -2.34. The van der Waals surface area contributed by atoms with Crippen LogP contribution in [0.2, 0.25) is 0 Å². The van der Waals surface area contributed by atoms with Gasteiger partial charge < -0.3 is 21.7 Å². The van der Waals surface area contributed by atoms with Crippen LogP contribution in [0.5, 0.6) is 0 Å². The Morgan fingerprint density at radius 1 is 1.29 bits per heavy atom. The van der Waals surface area contributed by atoms with Crippen molar-refractivity contribution in [2.75, 3.05) is 11.9 Å². The lowest BCUT2D eigenvalue weighted by molar-refractivity contribution is 0.251. The average molecular weight is 420 g/mol. The largest absolute Gasteiger partial charge is 0.403 e. The van der Waals surface area contributed by atoms with Crippen LogP contribution in [0.3, 0.4) is 0 Å². The zero-order chi connectivity index (χ0) is 22.0. The highest BCUT2D eigenvalue weighted by atomic mass is 19.1. The molecule has 31 heavy (non-hydrogen) atoms. The number of urea groups is 1. The lowest BCUT2D eigenvalue weighted by atomic mass is 10.0. The Kier molecular flexibility index (Phi) is 5.62. The maximum Gasteiger partial charge on any atom is 0.319 e. The van der Waals surface area contributed by atoms with E-state index in [0.717, 1.165) is 16.8 Å². The Balaban J connectivity index is 1.39. The number of aromatic nitrogens is 2. The van der Waals surface area contributed by atoms with Crippen molar-refractivity contribution in [1.29, 1.82) is 0 Å². The first-order valence-corrected chi connectivity index (χ1v) is 10.1. The number of hydrogen-bond acceptors (Lipinski definition) is 4. The first-order chi connectivity index (χ1) is 15.0. The number of rotatable bonds is 5. The predicted molar refractivity (Wildman–Crippen MR) is 120 cm³/mol. The van der Waals surface area contributed by atoms with Crippen molar-refractivity contribution in [3.63, 3.8) is 0 Å². The molecule has 160 valence electrons. The number of anilines is 1. The number of amides is 2. The maximum absolute atomic E-state index is 14.6. The van der Waals surface area contributed by atoms with E-state index in [4.69, 9.17) is 5.73 Å². The van der Waals surface area contributed by atoms with E-state index in [0.29, 0.717) is 23.4 Å². The lowest BCUT2D eigenvalue weighted by Gasteiger charge is -2.15. The van der Waals surface area contributed by atoms with Crippen molar-refractivity contribution in [1.82, 2.24) is 20.4 Å². The van der Waals surface area contributed by atoms with E-state index in [1.165, 1.54) is 12.3 Å². The molecule has 1 aromatic heterocycles. The number of fused-ring (bicyclic) bond motifs is 1. The van der Waals surface area contributed by atoms with Crippen LogP contribution in [-0.4, -0.2) is 22.4 Å². The number of benzene rings is 2. The number of carbonyl (C=O) groups is 1. The second-order valence-electron chi connectivity index (χ2n) is 7.70. The molecule has 5 N–H and O–H groups in total. The quantitative estimate of drug-likeness (QED) is 0.502. The van der Waals surface area contributed by atoms with E-state index >= 15 is 0 Å². The van der Waals surface area contributed by atoms with Gasteiger partial charge in [-0.1, -0.05) is 24.3 Å². The molecule has 2 aromatic carbocycles. The second-order valence-corrected chi connectivity index (χ2v) is 7.70. The molecule has 1 unspecified atom stereocenters. The summed E-state index contributed by atoms with van der Waals surface area (Å²) in [4.78, 5) is 12.4. The third-order valence-corrected chi connectivity index (χ3v) is 5.26. The fraction of sp³-hybridized carbons (Fsp3) is 0.217. The van der Waals surface area contributed by atoms with Gasteiger partial charge in [0.1, 0.15) is 5.82 Å². The van der Waals surface area contributed by atoms with Gasteiger partial charge in [-0.15, -0.1) is 0 Å². The van der Waals surface area contributed by atoms with Crippen LogP contribution in [0.15, 0.2) is 61.1 Å². The van der Waals surface area contributed by atoms with Crippen LogP contribution >= 0.6 is 0 Å². The highest BCUT2D eigenvalue weighted by molar-refractivity contribution is 5.89. The molecule has 0 saturated heterocycles. The minimum absolute atomic E-state index is 0.0895. The number of halogens is 1. The van der Waals surface area contributed by atoms with Crippen molar-refractivity contribution in [2.45, 2.75) is 25.9 Å². The van der Waals surface area contributed by atoms with Gasteiger partial charge in [0.2, 0.25) is 0 Å². The number of nitrogens with one attached hydrogen (secondary N) is 3. The topological polar surface area (TPSA) is 97.0 Å². The van der Waals surface area contributed by atoms with Crippen molar-refractivity contribution in [3.05, 3.63) is 78.0 Å². The summed E-state index contributed by atoms with van der Waals surface area (Å²) in [6.45, 7) is 4.37. The molecule has 0 radical (unpaired) electrons. The summed E-state index contributed by atoms with van der Waals surface area (Å²) < 4.78 is 16.4. The summed E-state index contributed by atoms with van der Waals surface area (Å²) in [6, 6.07) is 12.2. The van der Waals surface area contributed by atoms with E-state index in [9.17, 15) is 9.18 Å². The molecule has 8 heteroatoms. The molecule has 1 aliphatic rings. The summed E-state index contributed by atoms with van der Waals surface area (Å²) in [5.41, 5.74) is 10.1. The van der Waals surface area contributed by atoms with Gasteiger partial charge in [-0.3, -0.25) is 4.68 Å². The van der Waals surface area contributed by atoms with Crippen molar-refractivity contribution in [3.8, 4) is 11.1 Å². The Morgan fingerprint density at radius 2 is 2.10 bits per heavy atom. The van der Waals surface area contributed by atoms with Crippen LogP contribution in [0.4, 0.5) is 14.9 Å². The molecule has 0 fully saturated rings. The summed E-state index contributed by atoms with van der Waals surface area (Å²) >= 11 is 0. The highest BCUT2D eigenvalue weighted by Gasteiger charge is 2.25. The Morgan fingerprint density at radius 3 is 2.81 bits per heavy atom. The van der Waals surface area contributed by atoms with Crippen LogP contribution in [-0.2, 0) is 0 Å². The highest BCUT2D eigenvalue weighted by Crippen LogP contribution is 2.31. The van der Waals surface area contributed by atoms with Gasteiger partial charge in [0, 0.05) is 47.4 Å². The molecule has 3 aromatic rings. The van der Waals surface area contributed by atoms with Gasteiger partial charge in [-0.05, 0) is 37.6 Å². The first kappa shape index (κ1) is 20.5. The third-order valence-electron chi connectivity index (χ3n) is 5.26. The Labute approximate surface area is 180 Å². The SMILES string of the molecule is CC(C)n1cc(-c2ccc(NC(=O)NCC3N/C(=C\N)c4ccccc43)cc2F)cn1. The standard InChI is InChI=1S/C23H25FN6O/c1-14(2)30-13-15(11-27-30)17-8-7-16(9-20(17)24)28-23(31)26-12-22-19-6-4-3-5-18(19)21(10-25)29-22/h3-11,13-14,22,29H,12,25H2,1-2H3,(H2,26,28,31)/b21-10-. The first-order valence-electron chi connectivity index (χ1n) is 10.1. The Hall–Kier alpha value is -3.81. The zero-order valence-electron chi connectivity index (χ0n) is 17.4. The van der Waals surface area contributed by atoms with Crippen molar-refractivity contribution < 1.29 is 9.18 Å². The monoisotopic (exact) mass is 420 g/mol. The van der Waals surface area contributed by atoms with Gasteiger partial charge in [-0.2, -0.15) is 5.10 Å². The number of carbonyl (C=O) groups excluding carboxylic acids is 1. The minimum atomic E-state index is -0.426. The molecule has 1 atom stereocenters. The van der Waals surface area contributed by atoms with E-state index in [2.05, 4.69) is 21.0 Å². The third kappa shape index (κ3) is 4.23. The fourth-order valence-corrected chi connectivity index (χ4v) is 3.64. The molecular formula is C23H25FN6O. The Bertz CT molecular complexity index is 1140. The van der Waals surface area contributed by atoms with Crippen molar-refractivity contribution >= 4 is 17.4 Å². The summed E-state index contributed by atoms with van der Waals surface area (Å²) in [7, 11) is 0. The number of hydrogen-bond donors (Lipinski definition) is 4. The summed E-state index contributed by atoms with van der Waals surface area (Å²) in [5, 5.41) is 13.0. The van der Waals surface area contributed by atoms with Gasteiger partial charge in [-0.25, -0.2) is 9.18 Å². The normalized spacial score (nSPS) is 16.3. The molecule has 2 amide bonds. The van der Waals surface area contributed by atoms with Crippen LogP contribution in [0, 0.1) is 5.82 Å². The summed E-state index contributed by atoms with van der Waals surface area (Å²) in [5.74, 6) is -0.426. The van der Waals surface area contributed by atoms with E-state index in [1.807, 2.05) is 38.1 Å². The van der Waals surface area contributed by atoms with Gasteiger partial charge >= 0.3 is 6.03 Å². The van der Waals surface area contributed by atoms with E-state index in [1.54, 1.807) is 29.2 Å². The zero-order valence-corrected chi connectivity index (χ0v) is 17.4. The molecule has 2 heterocycles. The minimum Gasteiger partial charge on any atom is -0.403 e. The van der Waals surface area contributed by atoms with Gasteiger partial charge in [0.25, 0.3) is 0 Å². The molecule has 0 saturated carbocycles. The van der Waals surface area contributed by atoms with Crippen LogP contribution in [0.1, 0.15) is 37.1 Å². The summed E-state index contributed by atoms with van der Waals surface area (Å²) in [6.07, 6.45) is 4.96. The average Bonchev–Trinajstić information content (AvgIpc) is 3.38. The molecular weight excluding hydrogens is 395 g/mol. The molecule has 4 rings (SSSR count). The molecule has 1 aliphatic heterocycles. The molecule has 0 spiro atoms. The van der Waals surface area contributed by atoms with Gasteiger partial charge in [0.05, 0.1) is 17.9 Å². The fourth-order valence-electron chi connectivity index (χ4n) is 3.64. The maximum atomic E-state index is 14.6. The predicted octanol–water partition coefficient (Wildman–Crippen LogP) is 3.99. The van der Waals surface area contributed by atoms with Crippen LogP contribution < -0.4 is 21.7 Å². The van der Waals surface area contributed by atoms with Gasteiger partial charge in [0.15, 0.2) is 0 Å². The van der Waals surface area contributed by atoms with Crippen LogP contribution in [0.25, 0.3) is 16.8 Å². The van der Waals surface area contributed by atoms with Crippen molar-refractivity contribution in [2.24, 2.45) is 5.73 Å². The smallest absolute Gasteiger partial charge is 0.319 e. The molecule has 0 bridgehead atoms. The number of nitrogens with zero attached hydrogens (tertiary/aromatic N) is 2. The molecule has 7 nitrogen and oxygen atoms in total.